The summed E-state index contributed by atoms with van der Waals surface area (Å²) in [5, 5.41) is 2.72. The minimum absolute atomic E-state index is 0.0889. The largest absolute Gasteiger partial charge is 0.395 e. The maximum Gasteiger partial charge on any atom is 0.151 e. The topological polar surface area (TPSA) is 38.0 Å². The van der Waals surface area contributed by atoms with Crippen LogP contribution in [-0.2, 0) is 0 Å². The summed E-state index contributed by atoms with van der Waals surface area (Å²) in [6, 6.07) is 5.86. The maximum absolute atomic E-state index is 13.2. The van der Waals surface area contributed by atoms with Gasteiger partial charge in [0.05, 0.1) is 15.8 Å². The zero-order chi connectivity index (χ0) is 13.3. The van der Waals surface area contributed by atoms with Crippen LogP contribution in [0.3, 0.4) is 0 Å². The maximum atomic E-state index is 13.2. The second kappa shape index (κ2) is 4.89. The monoisotopic (exact) mass is 316 g/mol. The van der Waals surface area contributed by atoms with Crippen LogP contribution in [0.2, 0.25) is 0 Å². The fraction of sp³-hybridized carbons (Fsp3) is 0. The van der Waals surface area contributed by atoms with Gasteiger partial charge in [-0.3, -0.25) is 0 Å². The van der Waals surface area contributed by atoms with E-state index in [0.29, 0.717) is 11.8 Å². The first-order valence-electron chi connectivity index (χ1n) is 4.94. The van der Waals surface area contributed by atoms with Crippen molar-refractivity contribution in [3.8, 4) is 0 Å². The molecule has 0 heterocycles. The van der Waals surface area contributed by atoms with Crippen LogP contribution in [0, 0.1) is 17.5 Å². The van der Waals surface area contributed by atoms with Crippen molar-refractivity contribution in [3.63, 3.8) is 0 Å². The molecule has 18 heavy (non-hydrogen) atoms. The van der Waals surface area contributed by atoms with Crippen LogP contribution in [0.15, 0.2) is 34.8 Å². The van der Waals surface area contributed by atoms with Crippen LogP contribution in [0.1, 0.15) is 0 Å². The molecule has 2 rings (SSSR count). The molecule has 2 aromatic rings. The number of rotatable bonds is 2. The summed E-state index contributed by atoms with van der Waals surface area (Å²) in [5.74, 6) is -2.03. The molecule has 0 amide bonds. The molecule has 6 heteroatoms. The first-order chi connectivity index (χ1) is 8.47. The van der Waals surface area contributed by atoms with Gasteiger partial charge in [0, 0.05) is 11.8 Å². The van der Waals surface area contributed by atoms with E-state index in [1.807, 2.05) is 0 Å². The lowest BCUT2D eigenvalue weighted by Gasteiger charge is -2.10. The number of nitrogens with two attached hydrogens (primary N) is 1. The molecule has 0 spiro atoms. The number of hydrogen-bond acceptors (Lipinski definition) is 2. The van der Waals surface area contributed by atoms with Crippen molar-refractivity contribution in [3.05, 3.63) is 52.3 Å². The highest BCUT2D eigenvalue weighted by Crippen LogP contribution is 2.28. The molecule has 0 saturated carbocycles. The van der Waals surface area contributed by atoms with Crippen LogP contribution in [0.25, 0.3) is 0 Å². The fourth-order valence-electron chi connectivity index (χ4n) is 1.42. The zero-order valence-corrected chi connectivity index (χ0v) is 10.6. The number of nitrogens with one attached hydrogen (secondary N) is 1. The van der Waals surface area contributed by atoms with Crippen LogP contribution >= 0.6 is 15.9 Å². The van der Waals surface area contributed by atoms with Gasteiger partial charge in [0.25, 0.3) is 0 Å². The van der Waals surface area contributed by atoms with Crippen molar-refractivity contribution in [1.82, 2.24) is 0 Å². The van der Waals surface area contributed by atoms with E-state index in [2.05, 4.69) is 21.2 Å². The highest BCUT2D eigenvalue weighted by Gasteiger charge is 2.09. The smallest absolute Gasteiger partial charge is 0.151 e. The Balaban J connectivity index is 2.36. The van der Waals surface area contributed by atoms with E-state index in [1.54, 1.807) is 0 Å². The van der Waals surface area contributed by atoms with Gasteiger partial charge in [-0.25, -0.2) is 13.2 Å². The average Bonchev–Trinajstić information content (AvgIpc) is 2.30. The van der Waals surface area contributed by atoms with E-state index in [0.717, 1.165) is 6.07 Å². The van der Waals surface area contributed by atoms with Gasteiger partial charge in [-0.15, -0.1) is 0 Å². The number of nitrogen functional groups attached to an aromatic ring is 1. The van der Waals surface area contributed by atoms with E-state index < -0.39 is 17.5 Å². The number of anilines is 3. The Morgan fingerprint density at radius 3 is 2.39 bits per heavy atom. The minimum Gasteiger partial charge on any atom is -0.395 e. The lowest BCUT2D eigenvalue weighted by molar-refractivity contribution is 0.587. The van der Waals surface area contributed by atoms with Crippen molar-refractivity contribution in [2.75, 3.05) is 11.1 Å². The Kier molecular flexibility index (Phi) is 3.47. The predicted octanol–water partition coefficient (Wildman–Crippen LogP) is 4.19. The van der Waals surface area contributed by atoms with Gasteiger partial charge in [-0.2, -0.15) is 0 Å². The van der Waals surface area contributed by atoms with Crippen LogP contribution in [0.4, 0.5) is 30.2 Å². The van der Waals surface area contributed by atoms with E-state index in [9.17, 15) is 13.2 Å². The predicted molar refractivity (Wildman–Crippen MR) is 68.2 cm³/mol. The summed E-state index contributed by atoms with van der Waals surface area (Å²) >= 11 is 3.01. The van der Waals surface area contributed by atoms with E-state index >= 15 is 0 Å². The lowest BCUT2D eigenvalue weighted by Crippen LogP contribution is -2.00. The molecule has 0 aliphatic rings. The van der Waals surface area contributed by atoms with Crippen molar-refractivity contribution in [2.45, 2.75) is 0 Å². The summed E-state index contributed by atoms with van der Waals surface area (Å²) < 4.78 is 39.5. The van der Waals surface area contributed by atoms with Gasteiger partial charge in [-0.05, 0) is 40.2 Å². The summed E-state index contributed by atoms with van der Waals surface area (Å²) in [5.41, 5.74) is 5.83. The molecule has 0 aliphatic heterocycles. The Bertz CT molecular complexity index is 602. The van der Waals surface area contributed by atoms with Crippen molar-refractivity contribution >= 4 is 33.0 Å². The second-order valence-corrected chi connectivity index (χ2v) is 4.46. The van der Waals surface area contributed by atoms with Crippen LogP contribution in [-0.4, -0.2) is 0 Å². The number of benzene rings is 2. The molecule has 0 aliphatic carbocycles. The summed E-state index contributed by atoms with van der Waals surface area (Å²) in [6.07, 6.45) is 0. The van der Waals surface area contributed by atoms with Crippen molar-refractivity contribution in [2.24, 2.45) is 0 Å². The Labute approximate surface area is 110 Å². The number of halogens is 4. The first-order valence-corrected chi connectivity index (χ1v) is 5.73. The highest BCUT2D eigenvalue weighted by molar-refractivity contribution is 9.10. The lowest BCUT2D eigenvalue weighted by atomic mass is 10.2. The third kappa shape index (κ3) is 2.59. The van der Waals surface area contributed by atoms with Gasteiger partial charge in [0.1, 0.15) is 11.6 Å². The average molecular weight is 317 g/mol. The standard InChI is InChI=1S/C12H8BrF3N2/c13-8-5-7(1-2-9(8)15)18-11-4-6(14)3-10(16)12(11)17/h1-5,18H,17H2. The third-order valence-electron chi connectivity index (χ3n) is 2.29. The molecule has 0 unspecified atom stereocenters. The summed E-state index contributed by atoms with van der Waals surface area (Å²) in [7, 11) is 0. The Morgan fingerprint density at radius 1 is 1.00 bits per heavy atom. The molecule has 0 saturated heterocycles. The minimum atomic E-state index is -0.848. The SMILES string of the molecule is Nc1c(F)cc(F)cc1Nc1ccc(F)c(Br)c1. The van der Waals surface area contributed by atoms with E-state index in [-0.39, 0.29) is 15.8 Å². The van der Waals surface area contributed by atoms with E-state index in [1.165, 1.54) is 18.2 Å². The molecule has 2 nitrogen and oxygen atoms in total. The molecule has 3 N–H and O–H groups in total. The molecule has 0 radical (unpaired) electrons. The summed E-state index contributed by atoms with van der Waals surface area (Å²) in [4.78, 5) is 0. The molecule has 0 atom stereocenters. The van der Waals surface area contributed by atoms with E-state index in [4.69, 9.17) is 5.73 Å². The van der Waals surface area contributed by atoms with Gasteiger partial charge in [0.2, 0.25) is 0 Å². The third-order valence-corrected chi connectivity index (χ3v) is 2.90. The molecular formula is C12H8BrF3N2. The van der Waals surface area contributed by atoms with Gasteiger partial charge >= 0.3 is 0 Å². The first kappa shape index (κ1) is 12.8. The van der Waals surface area contributed by atoms with Crippen LogP contribution in [0.5, 0.6) is 0 Å². The normalized spacial score (nSPS) is 10.4. The molecule has 0 fully saturated rings. The quantitative estimate of drug-likeness (QED) is 0.815. The molecule has 2 aromatic carbocycles. The van der Waals surface area contributed by atoms with Gasteiger partial charge < -0.3 is 11.1 Å². The Morgan fingerprint density at radius 2 is 1.72 bits per heavy atom. The fourth-order valence-corrected chi connectivity index (χ4v) is 1.80. The molecule has 94 valence electrons. The van der Waals surface area contributed by atoms with Gasteiger partial charge in [-0.1, -0.05) is 0 Å². The molecule has 0 bridgehead atoms. The molecular weight excluding hydrogens is 309 g/mol. The molecule has 0 aromatic heterocycles. The van der Waals surface area contributed by atoms with Crippen molar-refractivity contribution in [1.29, 1.82) is 0 Å². The van der Waals surface area contributed by atoms with Crippen LogP contribution < -0.4 is 11.1 Å². The van der Waals surface area contributed by atoms with Gasteiger partial charge in [0.15, 0.2) is 5.82 Å². The number of hydrogen-bond donors (Lipinski definition) is 2. The zero-order valence-electron chi connectivity index (χ0n) is 8.98. The summed E-state index contributed by atoms with van der Waals surface area (Å²) in [6.45, 7) is 0. The van der Waals surface area contributed by atoms with Crippen molar-refractivity contribution < 1.29 is 13.2 Å². The highest BCUT2D eigenvalue weighted by atomic mass is 79.9. The Hall–Kier alpha value is -1.69. The second-order valence-electron chi connectivity index (χ2n) is 3.60.